The van der Waals surface area contributed by atoms with E-state index in [0.717, 1.165) is 17.4 Å². The highest BCUT2D eigenvalue weighted by Crippen LogP contribution is 2.37. The van der Waals surface area contributed by atoms with E-state index in [9.17, 15) is 10.1 Å². The highest BCUT2D eigenvalue weighted by Gasteiger charge is 2.26. The first kappa shape index (κ1) is 15.6. The molecule has 1 aromatic carbocycles. The van der Waals surface area contributed by atoms with E-state index in [1.165, 1.54) is 0 Å². The van der Waals surface area contributed by atoms with Crippen LogP contribution in [0.2, 0.25) is 0 Å². The van der Waals surface area contributed by atoms with Crippen molar-refractivity contribution in [2.75, 3.05) is 6.61 Å². The molecule has 0 amide bonds. The molecule has 24 heavy (non-hydrogen) atoms. The highest BCUT2D eigenvalue weighted by atomic mass is 16.6. The van der Waals surface area contributed by atoms with Crippen LogP contribution in [0.1, 0.15) is 12.6 Å². The van der Waals surface area contributed by atoms with Crippen LogP contribution in [-0.4, -0.2) is 26.5 Å². The Morgan fingerprint density at radius 3 is 2.71 bits per heavy atom. The molecule has 0 fully saturated rings. The molecule has 0 radical (unpaired) electrons. The fourth-order valence-electron chi connectivity index (χ4n) is 2.22. The third-order valence-corrected chi connectivity index (χ3v) is 3.25. The Morgan fingerprint density at radius 1 is 1.17 bits per heavy atom. The van der Waals surface area contributed by atoms with Crippen LogP contribution >= 0.6 is 0 Å². The summed E-state index contributed by atoms with van der Waals surface area (Å²) < 4.78 is 10.9. The number of ether oxygens (including phenoxy) is 2. The maximum Gasteiger partial charge on any atom is 0.392 e. The smallest absolute Gasteiger partial charge is 0.392 e. The molecule has 3 rings (SSSR count). The topological polar surface area (TPSA) is 100 Å². The number of para-hydroxylation sites is 1. The largest absolute Gasteiger partial charge is 0.473 e. The normalized spacial score (nSPS) is 10.6. The molecule has 0 spiro atoms. The first-order valence-corrected chi connectivity index (χ1v) is 7.26. The molecule has 3 aromatic rings. The van der Waals surface area contributed by atoms with Gasteiger partial charge in [0.2, 0.25) is 0 Å². The van der Waals surface area contributed by atoms with Gasteiger partial charge in [-0.2, -0.15) is 9.97 Å². The molecule has 2 aromatic heterocycles. The van der Waals surface area contributed by atoms with Gasteiger partial charge in [-0.25, -0.2) is 4.98 Å². The van der Waals surface area contributed by atoms with Crippen molar-refractivity contribution in [3.8, 4) is 17.5 Å². The van der Waals surface area contributed by atoms with Gasteiger partial charge in [-0.1, -0.05) is 18.2 Å². The molecule has 8 heteroatoms. The molecule has 0 aliphatic heterocycles. The Morgan fingerprint density at radius 2 is 1.96 bits per heavy atom. The monoisotopic (exact) mass is 326 g/mol. The zero-order valence-corrected chi connectivity index (χ0v) is 13.1. The van der Waals surface area contributed by atoms with E-state index in [0.29, 0.717) is 11.3 Å². The number of pyridine rings is 1. The van der Waals surface area contributed by atoms with E-state index in [4.69, 9.17) is 9.47 Å². The average Bonchev–Trinajstić information content (AvgIpc) is 2.55. The molecule has 0 aliphatic rings. The third-order valence-electron chi connectivity index (χ3n) is 3.25. The second-order valence-electron chi connectivity index (χ2n) is 4.91. The number of hydrogen-bond acceptors (Lipinski definition) is 7. The van der Waals surface area contributed by atoms with E-state index in [2.05, 4.69) is 15.0 Å². The van der Waals surface area contributed by atoms with Crippen LogP contribution in [0.5, 0.6) is 17.5 Å². The summed E-state index contributed by atoms with van der Waals surface area (Å²) in [6.07, 6.45) is 1.16. The first-order valence-electron chi connectivity index (χ1n) is 7.26. The van der Waals surface area contributed by atoms with Crippen LogP contribution in [0.25, 0.3) is 10.9 Å². The summed E-state index contributed by atoms with van der Waals surface area (Å²) in [5, 5.41) is 12.2. The van der Waals surface area contributed by atoms with Gasteiger partial charge in [0.1, 0.15) is 11.8 Å². The van der Waals surface area contributed by atoms with Crippen molar-refractivity contribution in [3.05, 3.63) is 52.5 Å². The molecule has 0 unspecified atom stereocenters. The fraction of sp³-hybridized carbons (Fsp3) is 0.188. The number of rotatable bonds is 5. The average molecular weight is 326 g/mol. The van der Waals surface area contributed by atoms with Gasteiger partial charge in [-0.15, -0.1) is 0 Å². The molecule has 8 nitrogen and oxygen atoms in total. The minimum atomic E-state index is -0.621. The molecular weight excluding hydrogens is 312 g/mol. The van der Waals surface area contributed by atoms with E-state index in [1.54, 1.807) is 19.1 Å². The van der Waals surface area contributed by atoms with Crippen LogP contribution in [0.3, 0.4) is 0 Å². The Kier molecular flexibility index (Phi) is 4.19. The van der Waals surface area contributed by atoms with Crippen molar-refractivity contribution in [3.63, 3.8) is 0 Å². The predicted octanol–water partition coefficient (Wildman–Crippen LogP) is 3.43. The first-order chi connectivity index (χ1) is 11.6. The lowest BCUT2D eigenvalue weighted by molar-refractivity contribution is -0.387. The molecule has 0 bridgehead atoms. The third kappa shape index (κ3) is 2.94. The molecule has 0 saturated heterocycles. The van der Waals surface area contributed by atoms with Crippen molar-refractivity contribution in [1.82, 2.24) is 15.0 Å². The molecule has 122 valence electrons. The Bertz CT molecular complexity index is 914. The summed E-state index contributed by atoms with van der Waals surface area (Å²) in [5.41, 5.74) is 0.998. The number of aromatic nitrogens is 3. The molecule has 2 heterocycles. The lowest BCUT2D eigenvalue weighted by Gasteiger charge is -2.09. The summed E-state index contributed by atoms with van der Waals surface area (Å²) in [6, 6.07) is 9.14. The van der Waals surface area contributed by atoms with Crippen molar-refractivity contribution < 1.29 is 14.4 Å². The van der Waals surface area contributed by atoms with Gasteiger partial charge in [0.25, 0.3) is 0 Å². The molecule has 0 saturated carbocycles. The van der Waals surface area contributed by atoms with Crippen LogP contribution in [0.4, 0.5) is 5.69 Å². The number of nitro groups is 1. The van der Waals surface area contributed by atoms with Crippen LogP contribution in [0.15, 0.2) is 36.7 Å². The summed E-state index contributed by atoms with van der Waals surface area (Å²) in [7, 11) is 0. The van der Waals surface area contributed by atoms with Gasteiger partial charge in [0, 0.05) is 11.1 Å². The maximum absolute atomic E-state index is 11.4. The van der Waals surface area contributed by atoms with Gasteiger partial charge < -0.3 is 9.47 Å². The zero-order chi connectivity index (χ0) is 17.1. The SMILES string of the molecule is CCOc1ncnc(Oc2cccc3ccc(C)nc23)c1[N+](=O)[O-]. The van der Waals surface area contributed by atoms with Gasteiger partial charge >= 0.3 is 17.4 Å². The number of aryl methyl sites for hydroxylation is 1. The lowest BCUT2D eigenvalue weighted by Crippen LogP contribution is -2.03. The minimum absolute atomic E-state index is 0.128. The lowest BCUT2D eigenvalue weighted by atomic mass is 10.2. The van der Waals surface area contributed by atoms with Crippen molar-refractivity contribution in [1.29, 1.82) is 0 Å². The summed E-state index contributed by atoms with van der Waals surface area (Å²) in [6.45, 7) is 3.81. The zero-order valence-electron chi connectivity index (χ0n) is 13.1. The van der Waals surface area contributed by atoms with Crippen molar-refractivity contribution in [2.24, 2.45) is 0 Å². The van der Waals surface area contributed by atoms with Gasteiger partial charge in [-0.05, 0) is 26.0 Å². The highest BCUT2D eigenvalue weighted by molar-refractivity contribution is 5.84. The molecule has 0 N–H and O–H groups in total. The van der Waals surface area contributed by atoms with E-state index in [1.807, 2.05) is 25.1 Å². The van der Waals surface area contributed by atoms with Crippen LogP contribution < -0.4 is 9.47 Å². The standard InChI is InChI=1S/C16H14N4O4/c1-3-23-15-14(20(21)22)16(18-9-17-15)24-12-6-4-5-11-8-7-10(2)19-13(11)12/h4-9H,3H2,1-2H3. The van der Waals surface area contributed by atoms with Crippen LogP contribution in [-0.2, 0) is 0 Å². The summed E-state index contributed by atoms with van der Waals surface area (Å²) in [5.74, 6) is 0.0616. The van der Waals surface area contributed by atoms with Gasteiger partial charge in [-0.3, -0.25) is 10.1 Å². The number of fused-ring (bicyclic) bond motifs is 1. The Balaban J connectivity index is 2.11. The molecule has 0 aliphatic carbocycles. The molecule has 0 atom stereocenters. The van der Waals surface area contributed by atoms with Gasteiger partial charge in [0.15, 0.2) is 5.75 Å². The number of nitrogens with zero attached hydrogens (tertiary/aromatic N) is 4. The van der Waals surface area contributed by atoms with E-state index in [-0.39, 0.29) is 18.4 Å². The fourth-order valence-corrected chi connectivity index (χ4v) is 2.22. The second kappa shape index (κ2) is 6.45. The predicted molar refractivity (Wildman–Crippen MR) is 86.4 cm³/mol. The quantitative estimate of drug-likeness (QED) is 0.523. The van der Waals surface area contributed by atoms with Crippen molar-refractivity contribution >= 4 is 16.6 Å². The Labute approximate surface area is 137 Å². The van der Waals surface area contributed by atoms with E-state index < -0.39 is 10.6 Å². The van der Waals surface area contributed by atoms with E-state index >= 15 is 0 Å². The minimum Gasteiger partial charge on any atom is -0.473 e. The summed E-state index contributed by atoms with van der Waals surface area (Å²) >= 11 is 0. The number of hydrogen-bond donors (Lipinski definition) is 0. The van der Waals surface area contributed by atoms with Crippen LogP contribution in [0, 0.1) is 17.0 Å². The number of benzene rings is 1. The van der Waals surface area contributed by atoms with Crippen molar-refractivity contribution in [2.45, 2.75) is 13.8 Å². The Hall–Kier alpha value is -3.29. The molecular formula is C16H14N4O4. The summed E-state index contributed by atoms with van der Waals surface area (Å²) in [4.78, 5) is 22.9. The second-order valence-corrected chi connectivity index (χ2v) is 4.91. The maximum atomic E-state index is 11.4. The van der Waals surface area contributed by atoms with Gasteiger partial charge in [0.05, 0.1) is 11.5 Å².